The Bertz CT molecular complexity index is 236. The number of carbonyl (C=O) groups excluding carboxylic acids is 1. The van der Waals surface area contributed by atoms with Crippen LogP contribution >= 0.6 is 0 Å². The summed E-state index contributed by atoms with van der Waals surface area (Å²) in [7, 11) is 0.204. The molecule has 14 heavy (non-hydrogen) atoms. The van der Waals surface area contributed by atoms with Crippen LogP contribution in [0.3, 0.4) is 0 Å². The summed E-state index contributed by atoms with van der Waals surface area (Å²) < 4.78 is 4.84. The number of hydrogen-bond donors (Lipinski definition) is 0. The van der Waals surface area contributed by atoms with Crippen molar-refractivity contribution in [2.24, 2.45) is 0 Å². The molecule has 0 saturated heterocycles. The van der Waals surface area contributed by atoms with E-state index in [9.17, 15) is 4.79 Å². The van der Waals surface area contributed by atoms with E-state index in [2.05, 4.69) is 31.9 Å². The zero-order valence-corrected chi connectivity index (χ0v) is 10.6. The zero-order valence-electron chi connectivity index (χ0n) is 9.59. The van der Waals surface area contributed by atoms with Gasteiger partial charge in [-0.2, -0.15) is 0 Å². The lowest BCUT2D eigenvalue weighted by molar-refractivity contribution is -0.119. The van der Waals surface area contributed by atoms with Crippen LogP contribution in [-0.2, 0) is 9.53 Å². The second-order valence-electron chi connectivity index (χ2n) is 4.38. The van der Waals surface area contributed by atoms with E-state index in [1.807, 2.05) is 0 Å². The lowest BCUT2D eigenvalue weighted by Gasteiger charge is -2.12. The van der Waals surface area contributed by atoms with E-state index < -0.39 is 8.07 Å². The molecule has 80 valence electrons. The molecule has 2 nitrogen and oxygen atoms in total. The van der Waals surface area contributed by atoms with Crippen LogP contribution < -0.4 is 0 Å². The quantitative estimate of drug-likeness (QED) is 0.384. The molecule has 0 aromatic rings. The fraction of sp³-hybridized carbons (Fsp3) is 0.545. The highest BCUT2D eigenvalue weighted by molar-refractivity contribution is 6.81. The van der Waals surface area contributed by atoms with Crippen LogP contribution in [0.2, 0.25) is 19.6 Å². The first kappa shape index (κ1) is 13.3. The Labute approximate surface area is 87.7 Å². The number of hydrogen-bond acceptors (Lipinski definition) is 2. The topological polar surface area (TPSA) is 26.3 Å². The standard InChI is InChI=1S/C11H20O2Si/c1-6-7-10(9-14(3,4)5)11(12)8-13-2/h6,9H,1,7-8H2,2-5H3/b10-9-. The Kier molecular flexibility index (Phi) is 5.65. The van der Waals surface area contributed by atoms with Gasteiger partial charge in [0, 0.05) is 7.11 Å². The average molecular weight is 212 g/mol. The number of ether oxygens (including phenoxy) is 1. The summed E-state index contributed by atoms with van der Waals surface area (Å²) in [5, 5.41) is 0. The van der Waals surface area contributed by atoms with E-state index >= 15 is 0 Å². The van der Waals surface area contributed by atoms with Gasteiger partial charge in [0.1, 0.15) is 6.61 Å². The van der Waals surface area contributed by atoms with E-state index in [1.165, 1.54) is 7.11 Å². The van der Waals surface area contributed by atoms with Crippen molar-refractivity contribution in [1.29, 1.82) is 0 Å². The third-order valence-corrected chi connectivity index (χ3v) is 2.82. The van der Waals surface area contributed by atoms with Gasteiger partial charge in [0.15, 0.2) is 5.78 Å². The molecule has 0 aliphatic rings. The van der Waals surface area contributed by atoms with Gasteiger partial charge < -0.3 is 4.74 Å². The minimum atomic E-state index is -1.34. The summed E-state index contributed by atoms with van der Waals surface area (Å²) >= 11 is 0. The molecule has 0 aromatic heterocycles. The second-order valence-corrected chi connectivity index (χ2v) is 9.41. The number of methoxy groups -OCH3 is 1. The Balaban J connectivity index is 4.66. The SMILES string of the molecule is C=CC/C(=C/[Si](C)(C)C)C(=O)COC. The van der Waals surface area contributed by atoms with Crippen molar-refractivity contribution in [3.05, 3.63) is 23.9 Å². The molecule has 0 aromatic carbocycles. The molecule has 0 amide bonds. The molecule has 0 bridgehead atoms. The fourth-order valence-corrected chi connectivity index (χ4v) is 2.48. The van der Waals surface area contributed by atoms with Crippen LogP contribution in [-0.4, -0.2) is 27.6 Å². The van der Waals surface area contributed by atoms with Gasteiger partial charge in [0.25, 0.3) is 0 Å². The first-order valence-electron chi connectivity index (χ1n) is 4.75. The van der Waals surface area contributed by atoms with Gasteiger partial charge in [-0.05, 0) is 12.0 Å². The van der Waals surface area contributed by atoms with Crippen molar-refractivity contribution in [2.75, 3.05) is 13.7 Å². The zero-order chi connectivity index (χ0) is 11.2. The van der Waals surface area contributed by atoms with Gasteiger partial charge in [-0.3, -0.25) is 4.79 Å². The molecule has 0 atom stereocenters. The van der Waals surface area contributed by atoms with E-state index in [0.717, 1.165) is 5.57 Å². The van der Waals surface area contributed by atoms with Crippen LogP contribution in [0.15, 0.2) is 23.9 Å². The van der Waals surface area contributed by atoms with Gasteiger partial charge in [0.2, 0.25) is 0 Å². The number of carbonyl (C=O) groups is 1. The molecule has 0 radical (unpaired) electrons. The third kappa shape index (κ3) is 5.88. The molecular weight excluding hydrogens is 192 g/mol. The molecule has 0 rings (SSSR count). The van der Waals surface area contributed by atoms with E-state index in [0.29, 0.717) is 6.42 Å². The van der Waals surface area contributed by atoms with Crippen molar-refractivity contribution in [1.82, 2.24) is 0 Å². The predicted octanol–water partition coefficient (Wildman–Crippen LogP) is 2.58. The van der Waals surface area contributed by atoms with Gasteiger partial charge in [0.05, 0.1) is 8.07 Å². The first-order chi connectivity index (χ1) is 6.40. The average Bonchev–Trinajstić information content (AvgIpc) is 2.01. The van der Waals surface area contributed by atoms with Crippen LogP contribution in [0.1, 0.15) is 6.42 Å². The minimum Gasteiger partial charge on any atom is -0.377 e. The molecule has 0 unspecified atom stereocenters. The smallest absolute Gasteiger partial charge is 0.184 e. The molecule has 0 heterocycles. The number of rotatable bonds is 6. The van der Waals surface area contributed by atoms with Gasteiger partial charge in [-0.1, -0.05) is 31.4 Å². The lowest BCUT2D eigenvalue weighted by atomic mass is 10.1. The molecule has 0 fully saturated rings. The highest BCUT2D eigenvalue weighted by Gasteiger charge is 2.14. The molecular formula is C11H20O2Si. The van der Waals surface area contributed by atoms with Gasteiger partial charge >= 0.3 is 0 Å². The maximum Gasteiger partial charge on any atom is 0.184 e. The lowest BCUT2D eigenvalue weighted by Crippen LogP contribution is -2.20. The van der Waals surface area contributed by atoms with E-state index in [-0.39, 0.29) is 12.4 Å². The maximum absolute atomic E-state index is 11.6. The van der Waals surface area contributed by atoms with Crippen LogP contribution in [0.25, 0.3) is 0 Å². The summed E-state index contributed by atoms with van der Waals surface area (Å²) in [6.07, 6.45) is 2.41. The van der Waals surface area contributed by atoms with Crippen molar-refractivity contribution < 1.29 is 9.53 Å². The minimum absolute atomic E-state index is 0.0785. The van der Waals surface area contributed by atoms with Crippen LogP contribution in [0.4, 0.5) is 0 Å². The molecule has 0 saturated carbocycles. The van der Waals surface area contributed by atoms with Gasteiger partial charge in [-0.25, -0.2) is 0 Å². The molecule has 0 aliphatic carbocycles. The maximum atomic E-state index is 11.6. The highest BCUT2D eigenvalue weighted by atomic mass is 28.3. The monoisotopic (exact) mass is 212 g/mol. The van der Waals surface area contributed by atoms with E-state index in [1.54, 1.807) is 6.08 Å². The number of Topliss-reactive ketones (excluding diaryl/α,β-unsaturated/α-hetero) is 1. The summed E-state index contributed by atoms with van der Waals surface area (Å²) in [5.41, 5.74) is 2.97. The van der Waals surface area contributed by atoms with E-state index in [4.69, 9.17) is 4.74 Å². The third-order valence-electron chi connectivity index (χ3n) is 1.61. The second kappa shape index (κ2) is 5.93. The van der Waals surface area contributed by atoms with Crippen molar-refractivity contribution in [3.8, 4) is 0 Å². The van der Waals surface area contributed by atoms with Crippen molar-refractivity contribution in [2.45, 2.75) is 26.1 Å². The number of allylic oxidation sites excluding steroid dienone is 1. The first-order valence-corrected chi connectivity index (χ1v) is 8.33. The van der Waals surface area contributed by atoms with Crippen molar-refractivity contribution >= 4 is 13.9 Å². The molecule has 0 spiro atoms. The Morgan fingerprint density at radius 2 is 2.00 bits per heavy atom. The molecule has 0 aliphatic heterocycles. The highest BCUT2D eigenvalue weighted by Crippen LogP contribution is 2.11. The van der Waals surface area contributed by atoms with Crippen LogP contribution in [0, 0.1) is 0 Å². The largest absolute Gasteiger partial charge is 0.377 e. The normalized spacial score (nSPS) is 12.7. The molecule has 0 N–H and O–H groups in total. The molecule has 3 heteroatoms. The summed E-state index contributed by atoms with van der Waals surface area (Å²) in [6.45, 7) is 10.4. The number of ketones is 1. The predicted molar refractivity (Wildman–Crippen MR) is 63.1 cm³/mol. The Hall–Kier alpha value is -0.673. The fourth-order valence-electron chi connectivity index (χ4n) is 1.16. The summed E-state index contributed by atoms with van der Waals surface area (Å²) in [6, 6.07) is 0. The van der Waals surface area contributed by atoms with Gasteiger partial charge in [-0.15, -0.1) is 6.58 Å². The Morgan fingerprint density at radius 1 is 1.43 bits per heavy atom. The Morgan fingerprint density at radius 3 is 2.36 bits per heavy atom. The summed E-state index contributed by atoms with van der Waals surface area (Å²) in [4.78, 5) is 11.6. The summed E-state index contributed by atoms with van der Waals surface area (Å²) in [5.74, 6) is 0.0785. The van der Waals surface area contributed by atoms with Crippen LogP contribution in [0.5, 0.6) is 0 Å². The van der Waals surface area contributed by atoms with Crippen molar-refractivity contribution in [3.63, 3.8) is 0 Å².